The smallest absolute Gasteiger partial charge is 0.164 e. The average molecular weight is 694 g/mol. The van der Waals surface area contributed by atoms with Crippen molar-refractivity contribution in [1.29, 1.82) is 0 Å². The Balaban J connectivity index is 0.985. The third-order valence-corrected chi connectivity index (χ3v) is 11.5. The summed E-state index contributed by atoms with van der Waals surface area (Å²) in [6.45, 7) is 0. The van der Waals surface area contributed by atoms with Crippen molar-refractivity contribution < 1.29 is 0 Å². The summed E-state index contributed by atoms with van der Waals surface area (Å²) >= 11 is 0. The molecule has 8 aromatic rings. The molecule has 1 saturated carbocycles. The molecule has 0 radical (unpaired) electrons. The molecule has 1 heterocycles. The molecule has 2 aliphatic rings. The van der Waals surface area contributed by atoms with Crippen LogP contribution in [0, 0.1) is 0 Å². The van der Waals surface area contributed by atoms with Crippen LogP contribution >= 0.6 is 0 Å². The van der Waals surface area contributed by atoms with Gasteiger partial charge in [0.2, 0.25) is 0 Å². The predicted octanol–water partition coefficient (Wildman–Crippen LogP) is 13.1. The summed E-state index contributed by atoms with van der Waals surface area (Å²) in [6, 6.07) is 63.0. The zero-order chi connectivity index (χ0) is 35.9. The molecule has 0 atom stereocenters. The largest absolute Gasteiger partial charge is 0.208 e. The first-order valence-corrected chi connectivity index (χ1v) is 19.2. The normalized spacial score (nSPS) is 14.1. The topological polar surface area (TPSA) is 38.7 Å². The molecule has 2 aliphatic carbocycles. The maximum atomic E-state index is 4.97. The van der Waals surface area contributed by atoms with Gasteiger partial charge in [0.05, 0.1) is 0 Å². The minimum absolute atomic E-state index is 0.121. The Morgan fingerprint density at radius 2 is 0.759 bits per heavy atom. The molecule has 1 fully saturated rings. The van der Waals surface area contributed by atoms with E-state index in [1.807, 2.05) is 60.7 Å². The first-order valence-electron chi connectivity index (χ1n) is 19.2. The van der Waals surface area contributed by atoms with Crippen LogP contribution in [0.25, 0.3) is 78.7 Å². The van der Waals surface area contributed by atoms with Crippen LogP contribution < -0.4 is 0 Å². The van der Waals surface area contributed by atoms with Gasteiger partial charge in [-0.15, -0.1) is 0 Å². The van der Waals surface area contributed by atoms with Crippen molar-refractivity contribution in [3.05, 3.63) is 187 Å². The highest BCUT2D eigenvalue weighted by atomic mass is 15.0. The molecule has 0 unspecified atom stereocenters. The van der Waals surface area contributed by atoms with E-state index in [4.69, 9.17) is 15.0 Å². The van der Waals surface area contributed by atoms with Gasteiger partial charge in [-0.25, -0.2) is 15.0 Å². The number of benzene rings is 7. The molecule has 1 aromatic heterocycles. The Morgan fingerprint density at radius 1 is 0.315 bits per heavy atom. The third-order valence-electron chi connectivity index (χ3n) is 11.5. The summed E-state index contributed by atoms with van der Waals surface area (Å²) in [5, 5.41) is 0. The van der Waals surface area contributed by atoms with Crippen LogP contribution in [0.5, 0.6) is 0 Å². The fourth-order valence-corrected chi connectivity index (χ4v) is 8.97. The summed E-state index contributed by atoms with van der Waals surface area (Å²) in [5.41, 5.74) is 16.3. The molecular formula is C51H39N3. The maximum absolute atomic E-state index is 4.97. The van der Waals surface area contributed by atoms with Gasteiger partial charge in [0, 0.05) is 22.1 Å². The number of hydrogen-bond donors (Lipinski definition) is 0. The lowest BCUT2D eigenvalue weighted by Gasteiger charge is -2.37. The molecule has 3 heteroatoms. The third kappa shape index (κ3) is 5.64. The van der Waals surface area contributed by atoms with Crippen LogP contribution in [-0.4, -0.2) is 15.0 Å². The molecular weight excluding hydrogens is 655 g/mol. The Kier molecular flexibility index (Phi) is 8.06. The van der Waals surface area contributed by atoms with E-state index in [1.165, 1.54) is 71.0 Å². The van der Waals surface area contributed by atoms with Crippen molar-refractivity contribution in [2.75, 3.05) is 0 Å². The molecule has 0 saturated heterocycles. The summed E-state index contributed by atoms with van der Waals surface area (Å²) in [6.07, 6.45) is 6.38. The highest BCUT2D eigenvalue weighted by molar-refractivity contribution is 5.89. The summed E-state index contributed by atoms with van der Waals surface area (Å²) in [5.74, 6) is 1.98. The fourth-order valence-electron chi connectivity index (χ4n) is 8.97. The quantitative estimate of drug-likeness (QED) is 0.174. The number of fused-ring (bicyclic) bond motifs is 5. The fraction of sp³-hybridized carbons (Fsp3) is 0.118. The van der Waals surface area contributed by atoms with Crippen molar-refractivity contribution in [3.8, 4) is 78.7 Å². The highest BCUT2D eigenvalue weighted by Gasteiger charge is 2.45. The second kappa shape index (κ2) is 13.5. The first-order chi connectivity index (χ1) is 26.7. The van der Waals surface area contributed by atoms with Gasteiger partial charge in [-0.05, 0) is 80.6 Å². The minimum atomic E-state index is 0.121. The first kappa shape index (κ1) is 32.2. The SMILES string of the molecule is c1ccc(-c2nc(-c3ccccc3)nc(-c3cccc(-c4cccc(-c5ccc(-c6cccc7c6C6(CCCCC6)c6ccccc6-7)cc5)c4)c3)n2)cc1. The van der Waals surface area contributed by atoms with E-state index >= 15 is 0 Å². The maximum Gasteiger partial charge on any atom is 0.164 e. The molecule has 0 aliphatic heterocycles. The second-order valence-corrected chi connectivity index (χ2v) is 14.7. The molecule has 54 heavy (non-hydrogen) atoms. The van der Waals surface area contributed by atoms with Gasteiger partial charge in [0.1, 0.15) is 0 Å². The van der Waals surface area contributed by atoms with Gasteiger partial charge in [0.25, 0.3) is 0 Å². The lowest BCUT2D eigenvalue weighted by molar-refractivity contribution is 0.353. The standard InChI is InChI=1S/C51H39N3/c1-4-15-37(16-5-1)48-52-49(38-17-6-2-7-18-38)54-50(53-48)42-22-13-21-41(34-42)40-20-12-19-39(33-40)35-27-29-36(30-28-35)43-24-14-25-45-44-23-8-9-26-46(44)51(47(43)45)31-10-3-11-32-51/h1-2,4-9,12-30,33-34H,3,10-11,31-32H2. The zero-order valence-corrected chi connectivity index (χ0v) is 30.1. The van der Waals surface area contributed by atoms with E-state index < -0.39 is 0 Å². The van der Waals surface area contributed by atoms with Gasteiger partial charge in [-0.3, -0.25) is 0 Å². The number of nitrogens with zero attached hydrogens (tertiary/aromatic N) is 3. The van der Waals surface area contributed by atoms with Crippen LogP contribution in [0.2, 0.25) is 0 Å². The van der Waals surface area contributed by atoms with Crippen molar-refractivity contribution in [1.82, 2.24) is 15.0 Å². The lowest BCUT2D eigenvalue weighted by Crippen LogP contribution is -2.28. The van der Waals surface area contributed by atoms with E-state index in [1.54, 1.807) is 5.56 Å². The molecule has 10 rings (SSSR count). The van der Waals surface area contributed by atoms with Crippen LogP contribution in [0.1, 0.15) is 43.2 Å². The van der Waals surface area contributed by atoms with Crippen LogP contribution in [0.3, 0.4) is 0 Å². The van der Waals surface area contributed by atoms with Gasteiger partial charge in [0.15, 0.2) is 17.5 Å². The predicted molar refractivity (Wildman–Crippen MR) is 222 cm³/mol. The minimum Gasteiger partial charge on any atom is -0.208 e. The van der Waals surface area contributed by atoms with Crippen LogP contribution in [-0.2, 0) is 5.41 Å². The van der Waals surface area contributed by atoms with Crippen LogP contribution in [0.15, 0.2) is 176 Å². The molecule has 0 amide bonds. The zero-order valence-electron chi connectivity index (χ0n) is 30.1. The molecule has 1 spiro atoms. The molecule has 3 nitrogen and oxygen atoms in total. The van der Waals surface area contributed by atoms with Gasteiger partial charge < -0.3 is 0 Å². The van der Waals surface area contributed by atoms with Gasteiger partial charge in [-0.2, -0.15) is 0 Å². The van der Waals surface area contributed by atoms with Crippen LogP contribution in [0.4, 0.5) is 0 Å². The van der Waals surface area contributed by atoms with Crippen molar-refractivity contribution in [2.45, 2.75) is 37.5 Å². The van der Waals surface area contributed by atoms with Crippen molar-refractivity contribution in [3.63, 3.8) is 0 Å². The Morgan fingerprint density at radius 3 is 1.41 bits per heavy atom. The summed E-state index contributed by atoms with van der Waals surface area (Å²) < 4.78 is 0. The van der Waals surface area contributed by atoms with Gasteiger partial charge in [-0.1, -0.05) is 183 Å². The number of rotatable bonds is 6. The van der Waals surface area contributed by atoms with Gasteiger partial charge >= 0.3 is 0 Å². The van der Waals surface area contributed by atoms with E-state index in [0.29, 0.717) is 17.5 Å². The monoisotopic (exact) mass is 693 g/mol. The Hall–Kier alpha value is -6.45. The van der Waals surface area contributed by atoms with E-state index in [2.05, 4.69) is 115 Å². The highest BCUT2D eigenvalue weighted by Crippen LogP contribution is 2.58. The molecule has 258 valence electrons. The number of hydrogen-bond acceptors (Lipinski definition) is 3. The average Bonchev–Trinajstić information content (AvgIpc) is 3.53. The van der Waals surface area contributed by atoms with E-state index in [9.17, 15) is 0 Å². The summed E-state index contributed by atoms with van der Waals surface area (Å²) in [7, 11) is 0. The molecule has 0 bridgehead atoms. The van der Waals surface area contributed by atoms with Crippen molar-refractivity contribution >= 4 is 0 Å². The summed E-state index contributed by atoms with van der Waals surface area (Å²) in [4.78, 5) is 14.8. The number of aromatic nitrogens is 3. The van der Waals surface area contributed by atoms with Crippen molar-refractivity contribution in [2.24, 2.45) is 0 Å². The Labute approximate surface area is 317 Å². The van der Waals surface area contributed by atoms with E-state index in [-0.39, 0.29) is 5.41 Å². The molecule has 0 N–H and O–H groups in total. The van der Waals surface area contributed by atoms with E-state index in [0.717, 1.165) is 27.8 Å². The Bertz CT molecular complexity index is 2560. The second-order valence-electron chi connectivity index (χ2n) is 14.7. The lowest BCUT2D eigenvalue weighted by atomic mass is 9.66. The molecule has 7 aromatic carbocycles.